The van der Waals surface area contributed by atoms with Crippen molar-refractivity contribution in [3.8, 4) is 17.1 Å². The number of fused-ring (bicyclic) bond motifs is 1. The SMILES string of the molecule is [O]c1c(-c2ccccc2)oc2ccccc2c1=O. The Morgan fingerprint density at radius 3 is 2.28 bits per heavy atom. The van der Waals surface area contributed by atoms with Crippen LogP contribution in [0.15, 0.2) is 63.8 Å². The molecule has 0 saturated heterocycles. The van der Waals surface area contributed by atoms with Crippen LogP contribution in [-0.2, 0) is 5.11 Å². The van der Waals surface area contributed by atoms with Crippen molar-refractivity contribution in [2.24, 2.45) is 0 Å². The summed E-state index contributed by atoms with van der Waals surface area (Å²) < 4.78 is 5.55. The van der Waals surface area contributed by atoms with Gasteiger partial charge in [-0.2, -0.15) is 0 Å². The lowest BCUT2D eigenvalue weighted by Gasteiger charge is -2.03. The summed E-state index contributed by atoms with van der Waals surface area (Å²) in [6, 6.07) is 15.7. The zero-order valence-electron chi connectivity index (χ0n) is 9.42. The molecule has 0 fully saturated rings. The van der Waals surface area contributed by atoms with Gasteiger partial charge in [-0.05, 0) is 12.1 Å². The smallest absolute Gasteiger partial charge is 0.269 e. The van der Waals surface area contributed by atoms with Gasteiger partial charge in [0.05, 0.1) is 5.39 Å². The zero-order chi connectivity index (χ0) is 12.5. The van der Waals surface area contributed by atoms with Gasteiger partial charge in [-0.25, -0.2) is 0 Å². The Labute approximate surface area is 103 Å². The summed E-state index contributed by atoms with van der Waals surface area (Å²) in [5, 5.41) is 12.3. The standard InChI is InChI=1S/C15H9O3/c16-13-11-8-4-5-9-12(11)18-15(14(13)17)10-6-2-1-3-7-10/h1-9H. The van der Waals surface area contributed by atoms with Gasteiger partial charge in [-0.1, -0.05) is 42.5 Å². The van der Waals surface area contributed by atoms with Crippen LogP contribution >= 0.6 is 0 Å². The Morgan fingerprint density at radius 2 is 1.50 bits per heavy atom. The Balaban J connectivity index is 2.38. The zero-order valence-corrected chi connectivity index (χ0v) is 9.42. The third kappa shape index (κ3) is 1.57. The van der Waals surface area contributed by atoms with Crippen LogP contribution in [0.5, 0.6) is 5.75 Å². The molecule has 0 saturated carbocycles. The summed E-state index contributed by atoms with van der Waals surface area (Å²) in [7, 11) is 0. The molecular weight excluding hydrogens is 228 g/mol. The molecule has 2 aromatic carbocycles. The fraction of sp³-hybridized carbons (Fsp3) is 0. The van der Waals surface area contributed by atoms with E-state index in [1.165, 1.54) is 0 Å². The van der Waals surface area contributed by atoms with Crippen molar-refractivity contribution >= 4 is 11.0 Å². The Bertz CT molecular complexity index is 758. The number of rotatable bonds is 1. The molecule has 0 aliphatic rings. The number of benzene rings is 2. The second-order valence-corrected chi connectivity index (χ2v) is 3.95. The fourth-order valence-corrected chi connectivity index (χ4v) is 1.90. The molecule has 0 bridgehead atoms. The highest BCUT2D eigenvalue weighted by Crippen LogP contribution is 2.29. The first kappa shape index (κ1) is 10.6. The minimum absolute atomic E-state index is 0.0966. The summed E-state index contributed by atoms with van der Waals surface area (Å²) in [4.78, 5) is 11.9. The van der Waals surface area contributed by atoms with Crippen LogP contribution in [0, 0.1) is 0 Å². The van der Waals surface area contributed by atoms with E-state index in [4.69, 9.17) is 4.42 Å². The molecule has 1 aromatic heterocycles. The highest BCUT2D eigenvalue weighted by Gasteiger charge is 2.16. The molecular formula is C15H9O3. The van der Waals surface area contributed by atoms with Crippen molar-refractivity contribution in [2.45, 2.75) is 0 Å². The molecule has 0 unspecified atom stereocenters. The Kier molecular flexibility index (Phi) is 2.38. The van der Waals surface area contributed by atoms with Crippen molar-refractivity contribution < 1.29 is 9.52 Å². The van der Waals surface area contributed by atoms with Crippen LogP contribution < -0.4 is 5.43 Å². The van der Waals surface area contributed by atoms with Crippen molar-refractivity contribution in [3.05, 3.63) is 64.8 Å². The van der Waals surface area contributed by atoms with Gasteiger partial charge in [0.25, 0.3) is 5.75 Å². The maximum absolute atomic E-state index is 12.0. The molecule has 87 valence electrons. The third-order valence-corrected chi connectivity index (χ3v) is 2.79. The number of hydrogen-bond donors (Lipinski definition) is 0. The largest absolute Gasteiger partial charge is 0.452 e. The molecule has 1 heterocycles. The predicted octanol–water partition coefficient (Wildman–Crippen LogP) is 3.60. The van der Waals surface area contributed by atoms with Crippen LogP contribution in [0.2, 0.25) is 0 Å². The second kappa shape index (κ2) is 4.04. The molecule has 3 rings (SSSR count). The highest BCUT2D eigenvalue weighted by atomic mass is 16.4. The van der Waals surface area contributed by atoms with Crippen LogP contribution in [0.4, 0.5) is 0 Å². The molecule has 0 aliphatic heterocycles. The van der Waals surface area contributed by atoms with Gasteiger partial charge in [0.15, 0.2) is 5.76 Å². The first-order valence-electron chi connectivity index (χ1n) is 5.55. The van der Waals surface area contributed by atoms with Crippen molar-refractivity contribution in [1.82, 2.24) is 0 Å². The summed E-state index contributed by atoms with van der Waals surface area (Å²) in [6.07, 6.45) is 0. The van der Waals surface area contributed by atoms with Gasteiger partial charge in [0.1, 0.15) is 5.58 Å². The summed E-state index contributed by atoms with van der Waals surface area (Å²) >= 11 is 0. The molecule has 0 N–H and O–H groups in total. The predicted molar refractivity (Wildman–Crippen MR) is 68.1 cm³/mol. The summed E-state index contributed by atoms with van der Waals surface area (Å²) in [6.45, 7) is 0. The maximum atomic E-state index is 12.0. The first-order chi connectivity index (χ1) is 8.77. The summed E-state index contributed by atoms with van der Waals surface area (Å²) in [5.74, 6) is -0.501. The molecule has 0 atom stereocenters. The van der Waals surface area contributed by atoms with Gasteiger partial charge in [-0.3, -0.25) is 9.90 Å². The van der Waals surface area contributed by atoms with E-state index in [0.29, 0.717) is 16.5 Å². The van der Waals surface area contributed by atoms with E-state index >= 15 is 0 Å². The lowest BCUT2D eigenvalue weighted by molar-refractivity contribution is 0.341. The van der Waals surface area contributed by atoms with Crippen molar-refractivity contribution in [1.29, 1.82) is 0 Å². The van der Waals surface area contributed by atoms with Crippen molar-refractivity contribution in [3.63, 3.8) is 0 Å². The van der Waals surface area contributed by atoms with Crippen LogP contribution in [0.3, 0.4) is 0 Å². The molecule has 3 nitrogen and oxygen atoms in total. The molecule has 3 aromatic rings. The van der Waals surface area contributed by atoms with Crippen molar-refractivity contribution in [2.75, 3.05) is 0 Å². The summed E-state index contributed by atoms with van der Waals surface area (Å²) in [5.41, 5.74) is 0.530. The number of para-hydroxylation sites is 1. The molecule has 0 amide bonds. The van der Waals surface area contributed by atoms with Gasteiger partial charge in [0, 0.05) is 5.56 Å². The van der Waals surface area contributed by atoms with E-state index < -0.39 is 11.2 Å². The molecule has 1 radical (unpaired) electrons. The van der Waals surface area contributed by atoms with E-state index in [2.05, 4.69) is 0 Å². The van der Waals surface area contributed by atoms with Gasteiger partial charge >= 0.3 is 0 Å². The Hall–Kier alpha value is -2.55. The highest BCUT2D eigenvalue weighted by molar-refractivity contribution is 5.81. The van der Waals surface area contributed by atoms with Crippen LogP contribution in [0.25, 0.3) is 22.3 Å². The topological polar surface area (TPSA) is 50.1 Å². The minimum atomic E-state index is -0.597. The van der Waals surface area contributed by atoms with Crippen LogP contribution in [0.1, 0.15) is 0 Å². The van der Waals surface area contributed by atoms with E-state index in [0.717, 1.165) is 0 Å². The molecule has 3 heteroatoms. The van der Waals surface area contributed by atoms with E-state index in [1.54, 1.807) is 48.5 Å². The minimum Gasteiger partial charge on any atom is -0.452 e. The van der Waals surface area contributed by atoms with Crippen LogP contribution in [-0.4, -0.2) is 0 Å². The fourth-order valence-electron chi connectivity index (χ4n) is 1.90. The van der Waals surface area contributed by atoms with E-state index in [-0.39, 0.29) is 5.76 Å². The van der Waals surface area contributed by atoms with Gasteiger partial charge in [-0.15, -0.1) is 0 Å². The Morgan fingerprint density at radius 1 is 0.833 bits per heavy atom. The molecule has 18 heavy (non-hydrogen) atoms. The lowest BCUT2D eigenvalue weighted by Crippen LogP contribution is -2.01. The van der Waals surface area contributed by atoms with E-state index in [9.17, 15) is 9.90 Å². The molecule has 0 spiro atoms. The maximum Gasteiger partial charge on any atom is 0.269 e. The third-order valence-electron chi connectivity index (χ3n) is 2.79. The quantitative estimate of drug-likeness (QED) is 0.649. The number of hydrogen-bond acceptors (Lipinski definition) is 2. The average Bonchev–Trinajstić information content (AvgIpc) is 2.44. The van der Waals surface area contributed by atoms with Gasteiger partial charge in [0.2, 0.25) is 5.43 Å². The first-order valence-corrected chi connectivity index (χ1v) is 5.55. The monoisotopic (exact) mass is 237 g/mol. The lowest BCUT2D eigenvalue weighted by atomic mass is 10.1. The normalized spacial score (nSPS) is 10.7. The molecule has 0 aliphatic carbocycles. The van der Waals surface area contributed by atoms with Gasteiger partial charge < -0.3 is 4.42 Å². The average molecular weight is 237 g/mol. The van der Waals surface area contributed by atoms with E-state index in [1.807, 2.05) is 6.07 Å². The second-order valence-electron chi connectivity index (χ2n) is 3.95.